The molecule has 1 heterocycles. The molecule has 2 N–H and O–H groups in total. The van der Waals surface area contributed by atoms with Crippen LogP contribution in [-0.2, 0) is 10.4 Å². The zero-order valence-corrected chi connectivity index (χ0v) is 18.6. The first kappa shape index (κ1) is 23.0. The van der Waals surface area contributed by atoms with Crippen molar-refractivity contribution in [3.05, 3.63) is 69.7 Å². The first-order valence-electron chi connectivity index (χ1n) is 10.1. The first-order chi connectivity index (χ1) is 14.5. The van der Waals surface area contributed by atoms with Crippen LogP contribution in [0.3, 0.4) is 0 Å². The van der Waals surface area contributed by atoms with Crippen molar-refractivity contribution in [3.8, 4) is 0 Å². The molecule has 30 heavy (non-hydrogen) atoms. The molecule has 2 aromatic rings. The van der Waals surface area contributed by atoms with Crippen LogP contribution < -0.4 is 0 Å². The van der Waals surface area contributed by atoms with Gasteiger partial charge >= 0.3 is 0 Å². The SMILES string of the molecule is CON=C(CO)C(CCN1CCC(O)(c2ccccc2)CC1)c1ccc(Cl)c(Cl)c1. The van der Waals surface area contributed by atoms with E-state index in [1.165, 1.54) is 7.11 Å². The molecule has 1 atom stereocenters. The van der Waals surface area contributed by atoms with E-state index in [0.29, 0.717) is 28.6 Å². The molecule has 0 radical (unpaired) electrons. The lowest BCUT2D eigenvalue weighted by molar-refractivity contribution is -0.0261. The molecule has 1 fully saturated rings. The molecule has 5 nitrogen and oxygen atoms in total. The van der Waals surface area contributed by atoms with Crippen LogP contribution in [0.15, 0.2) is 53.7 Å². The summed E-state index contributed by atoms with van der Waals surface area (Å²) < 4.78 is 0. The fourth-order valence-electron chi connectivity index (χ4n) is 4.07. The maximum absolute atomic E-state index is 11.0. The molecule has 1 saturated heterocycles. The first-order valence-corrected chi connectivity index (χ1v) is 10.9. The zero-order valence-electron chi connectivity index (χ0n) is 17.1. The Labute approximate surface area is 187 Å². The summed E-state index contributed by atoms with van der Waals surface area (Å²) in [7, 11) is 1.47. The molecule has 1 aliphatic rings. The van der Waals surface area contributed by atoms with E-state index in [-0.39, 0.29) is 12.5 Å². The largest absolute Gasteiger partial charge is 0.399 e. The molecule has 7 heteroatoms. The van der Waals surface area contributed by atoms with Crippen LogP contribution in [0.5, 0.6) is 0 Å². The van der Waals surface area contributed by atoms with E-state index in [9.17, 15) is 10.2 Å². The van der Waals surface area contributed by atoms with Gasteiger partial charge in [0.05, 0.1) is 28.0 Å². The average Bonchev–Trinajstić information content (AvgIpc) is 2.77. The predicted octanol–water partition coefficient (Wildman–Crippen LogP) is 4.45. The van der Waals surface area contributed by atoms with Crippen LogP contribution >= 0.6 is 23.2 Å². The van der Waals surface area contributed by atoms with E-state index >= 15 is 0 Å². The van der Waals surface area contributed by atoms with Crippen molar-refractivity contribution in [1.82, 2.24) is 4.90 Å². The Morgan fingerprint density at radius 3 is 2.43 bits per heavy atom. The molecule has 1 unspecified atom stereocenters. The number of hydrogen-bond acceptors (Lipinski definition) is 5. The van der Waals surface area contributed by atoms with Crippen LogP contribution in [0.4, 0.5) is 0 Å². The number of nitrogens with zero attached hydrogens (tertiary/aromatic N) is 2. The monoisotopic (exact) mass is 450 g/mol. The van der Waals surface area contributed by atoms with Gasteiger partial charge in [0, 0.05) is 19.0 Å². The molecule has 0 bridgehead atoms. The van der Waals surface area contributed by atoms with E-state index in [2.05, 4.69) is 10.1 Å². The van der Waals surface area contributed by atoms with E-state index in [4.69, 9.17) is 28.0 Å². The lowest BCUT2D eigenvalue weighted by Crippen LogP contribution is -2.43. The van der Waals surface area contributed by atoms with Gasteiger partial charge in [0.25, 0.3) is 0 Å². The number of benzene rings is 2. The molecule has 162 valence electrons. The molecular weight excluding hydrogens is 423 g/mol. The molecule has 0 aliphatic carbocycles. The van der Waals surface area contributed by atoms with E-state index in [0.717, 1.165) is 37.2 Å². The Kier molecular flexibility index (Phi) is 8.14. The highest BCUT2D eigenvalue weighted by Crippen LogP contribution is 2.34. The number of aliphatic hydroxyl groups is 2. The lowest BCUT2D eigenvalue weighted by Gasteiger charge is -2.39. The number of halogens is 2. The van der Waals surface area contributed by atoms with Gasteiger partial charge in [-0.15, -0.1) is 0 Å². The summed E-state index contributed by atoms with van der Waals surface area (Å²) in [6, 6.07) is 15.4. The van der Waals surface area contributed by atoms with Crippen molar-refractivity contribution in [2.45, 2.75) is 30.8 Å². The maximum Gasteiger partial charge on any atom is 0.106 e. The molecule has 0 aromatic heterocycles. The minimum atomic E-state index is -0.769. The Morgan fingerprint density at radius 1 is 1.13 bits per heavy atom. The minimum Gasteiger partial charge on any atom is -0.399 e. The van der Waals surface area contributed by atoms with Gasteiger partial charge in [-0.2, -0.15) is 0 Å². The zero-order chi connectivity index (χ0) is 21.6. The third-order valence-electron chi connectivity index (χ3n) is 5.85. The molecule has 0 saturated carbocycles. The average molecular weight is 451 g/mol. The van der Waals surface area contributed by atoms with Crippen LogP contribution in [0.2, 0.25) is 10.0 Å². The van der Waals surface area contributed by atoms with Crippen molar-refractivity contribution in [2.24, 2.45) is 5.16 Å². The smallest absolute Gasteiger partial charge is 0.106 e. The summed E-state index contributed by atoms with van der Waals surface area (Å²) in [5, 5.41) is 25.9. The Hall–Kier alpha value is -1.63. The highest BCUT2D eigenvalue weighted by atomic mass is 35.5. The van der Waals surface area contributed by atoms with Crippen molar-refractivity contribution in [2.75, 3.05) is 33.4 Å². The molecule has 1 aliphatic heterocycles. The normalized spacial score (nSPS) is 18.2. The van der Waals surface area contributed by atoms with Crippen molar-refractivity contribution in [1.29, 1.82) is 0 Å². The van der Waals surface area contributed by atoms with Gasteiger partial charge in [-0.3, -0.25) is 0 Å². The second-order valence-corrected chi connectivity index (χ2v) is 8.49. The van der Waals surface area contributed by atoms with Gasteiger partial charge in [-0.05, 0) is 49.1 Å². The van der Waals surface area contributed by atoms with Crippen LogP contribution in [0.1, 0.15) is 36.3 Å². The quantitative estimate of drug-likeness (QED) is 0.460. The number of oxime groups is 1. The predicted molar refractivity (Wildman–Crippen MR) is 121 cm³/mol. The molecule has 2 aromatic carbocycles. The topological polar surface area (TPSA) is 65.3 Å². The number of likely N-dealkylation sites (tertiary alicyclic amines) is 1. The Balaban J connectivity index is 1.67. The fraction of sp³-hybridized carbons (Fsp3) is 0.435. The second-order valence-electron chi connectivity index (χ2n) is 7.68. The minimum absolute atomic E-state index is 0.139. The highest BCUT2D eigenvalue weighted by Gasteiger charge is 2.34. The summed E-state index contributed by atoms with van der Waals surface area (Å²) in [6.45, 7) is 2.20. The Morgan fingerprint density at radius 2 is 1.83 bits per heavy atom. The van der Waals surface area contributed by atoms with Crippen molar-refractivity contribution in [3.63, 3.8) is 0 Å². The van der Waals surface area contributed by atoms with Crippen molar-refractivity contribution >= 4 is 28.9 Å². The standard InChI is InChI=1S/C23H28Cl2N2O3/c1-30-26-22(16-28)19(17-7-8-20(24)21(25)15-17)9-12-27-13-10-23(29,11-14-27)18-5-3-2-4-6-18/h2-8,15,19,28-29H,9-14,16H2,1H3. The van der Waals surface area contributed by atoms with Gasteiger partial charge in [-0.25, -0.2) is 0 Å². The third kappa shape index (κ3) is 5.54. The summed E-state index contributed by atoms with van der Waals surface area (Å²) in [5.41, 5.74) is 1.70. The van der Waals surface area contributed by atoms with Gasteiger partial charge in [0.1, 0.15) is 7.11 Å². The van der Waals surface area contributed by atoms with Crippen LogP contribution in [-0.4, -0.2) is 54.2 Å². The van der Waals surface area contributed by atoms with E-state index in [1.54, 1.807) is 6.07 Å². The number of aliphatic hydroxyl groups excluding tert-OH is 1. The summed E-state index contributed by atoms with van der Waals surface area (Å²) in [4.78, 5) is 7.28. The number of piperidine rings is 1. The summed E-state index contributed by atoms with van der Waals surface area (Å²) in [5.74, 6) is -0.139. The number of hydrogen-bond donors (Lipinski definition) is 2. The van der Waals surface area contributed by atoms with Gasteiger partial charge in [-0.1, -0.05) is 64.8 Å². The Bertz CT molecular complexity index is 853. The fourth-order valence-corrected chi connectivity index (χ4v) is 4.38. The second kappa shape index (κ2) is 10.6. The van der Waals surface area contributed by atoms with Crippen LogP contribution in [0.25, 0.3) is 0 Å². The summed E-state index contributed by atoms with van der Waals surface area (Å²) in [6.07, 6.45) is 2.12. The summed E-state index contributed by atoms with van der Waals surface area (Å²) >= 11 is 12.3. The maximum atomic E-state index is 11.0. The highest BCUT2D eigenvalue weighted by molar-refractivity contribution is 6.42. The van der Waals surface area contributed by atoms with E-state index in [1.807, 2.05) is 42.5 Å². The molecule has 0 spiro atoms. The molecule has 0 amide bonds. The third-order valence-corrected chi connectivity index (χ3v) is 6.59. The van der Waals surface area contributed by atoms with E-state index < -0.39 is 5.60 Å². The molecular formula is C23H28Cl2N2O3. The van der Waals surface area contributed by atoms with Crippen molar-refractivity contribution < 1.29 is 15.1 Å². The van der Waals surface area contributed by atoms with Crippen LogP contribution in [0, 0.1) is 0 Å². The lowest BCUT2D eigenvalue weighted by atomic mass is 9.84. The molecule has 3 rings (SSSR count). The number of rotatable bonds is 8. The van der Waals surface area contributed by atoms with Gasteiger partial charge < -0.3 is 20.0 Å². The van der Waals surface area contributed by atoms with Gasteiger partial charge in [0.2, 0.25) is 0 Å². The van der Waals surface area contributed by atoms with Gasteiger partial charge in [0.15, 0.2) is 0 Å².